The summed E-state index contributed by atoms with van der Waals surface area (Å²) in [7, 11) is 0. The van der Waals surface area contributed by atoms with Gasteiger partial charge in [-0.2, -0.15) is 0 Å². The standard InChI is InChI=1S/C16H30O12/c1-7(2)5-25-16(14(24)12(22)10(20)8(3-17)27-16)28-15(6-19)13(23)11(21)9(4-18)26-15/h7-14,17-24H,3-6H2,1-2H3/t8-,9-,10-,11-,12+,13+,14-,15?,16-/m1/s1. The zero-order chi connectivity index (χ0) is 21.3. The van der Waals surface area contributed by atoms with Crippen LogP contribution in [0.3, 0.4) is 0 Å². The van der Waals surface area contributed by atoms with Gasteiger partial charge >= 0.3 is 5.97 Å². The lowest BCUT2D eigenvalue weighted by molar-refractivity contribution is -0.511. The Morgan fingerprint density at radius 3 is 1.86 bits per heavy atom. The summed E-state index contributed by atoms with van der Waals surface area (Å²) >= 11 is 0. The molecule has 12 heteroatoms. The van der Waals surface area contributed by atoms with E-state index >= 15 is 0 Å². The SMILES string of the molecule is CC(C)CO[C@@]1(OC2(CO)O[C@H](CO)[C@@H](O)[C@@H]2O)O[C@H](CO)[C@@H](O)[C@H](O)[C@H]1O. The minimum absolute atomic E-state index is 0.0956. The number of ether oxygens (including phenoxy) is 4. The van der Waals surface area contributed by atoms with E-state index in [0.717, 1.165) is 0 Å². The average molecular weight is 414 g/mol. The largest absolute Gasteiger partial charge is 0.394 e. The lowest BCUT2D eigenvalue weighted by Gasteiger charge is -2.50. The molecule has 166 valence electrons. The summed E-state index contributed by atoms with van der Waals surface area (Å²) in [6.07, 6.45) is -11.9. The molecule has 9 atom stereocenters. The first-order valence-electron chi connectivity index (χ1n) is 9.00. The zero-order valence-corrected chi connectivity index (χ0v) is 15.7. The highest BCUT2D eigenvalue weighted by Crippen LogP contribution is 2.41. The van der Waals surface area contributed by atoms with Crippen LogP contribution in [0.15, 0.2) is 0 Å². The molecule has 0 aromatic heterocycles. The molecule has 2 rings (SSSR count). The Hall–Kier alpha value is -0.480. The molecule has 0 spiro atoms. The van der Waals surface area contributed by atoms with Crippen LogP contribution in [-0.2, 0) is 18.9 Å². The van der Waals surface area contributed by atoms with Crippen LogP contribution in [0.4, 0.5) is 0 Å². The van der Waals surface area contributed by atoms with Crippen LogP contribution in [0.1, 0.15) is 13.8 Å². The first-order chi connectivity index (χ1) is 13.1. The summed E-state index contributed by atoms with van der Waals surface area (Å²) in [4.78, 5) is 0. The lowest BCUT2D eigenvalue weighted by Crippen LogP contribution is -2.70. The van der Waals surface area contributed by atoms with E-state index in [4.69, 9.17) is 18.9 Å². The maximum absolute atomic E-state index is 10.5. The van der Waals surface area contributed by atoms with Gasteiger partial charge in [-0.05, 0) is 5.92 Å². The van der Waals surface area contributed by atoms with Crippen LogP contribution in [0.25, 0.3) is 0 Å². The summed E-state index contributed by atoms with van der Waals surface area (Å²) in [5.74, 6) is -5.10. The van der Waals surface area contributed by atoms with Crippen LogP contribution < -0.4 is 0 Å². The smallest absolute Gasteiger partial charge is 0.316 e. The Labute approximate surface area is 161 Å². The van der Waals surface area contributed by atoms with E-state index in [-0.39, 0.29) is 12.5 Å². The number of hydrogen-bond donors (Lipinski definition) is 8. The van der Waals surface area contributed by atoms with Crippen molar-refractivity contribution < 1.29 is 59.8 Å². The van der Waals surface area contributed by atoms with Gasteiger partial charge in [0.15, 0.2) is 6.10 Å². The normalized spacial score (nSPS) is 47.0. The van der Waals surface area contributed by atoms with E-state index in [0.29, 0.717) is 0 Å². The van der Waals surface area contributed by atoms with Gasteiger partial charge in [0.1, 0.15) is 43.2 Å². The van der Waals surface area contributed by atoms with Crippen molar-refractivity contribution in [1.82, 2.24) is 0 Å². The fraction of sp³-hybridized carbons (Fsp3) is 1.00. The second kappa shape index (κ2) is 9.12. The molecule has 0 saturated carbocycles. The molecule has 2 fully saturated rings. The van der Waals surface area contributed by atoms with Crippen molar-refractivity contribution in [1.29, 1.82) is 0 Å². The molecule has 2 saturated heterocycles. The molecule has 12 nitrogen and oxygen atoms in total. The molecule has 1 unspecified atom stereocenters. The molecule has 8 N–H and O–H groups in total. The lowest BCUT2D eigenvalue weighted by atomic mass is 9.97. The second-order valence-corrected chi connectivity index (χ2v) is 7.42. The molecular weight excluding hydrogens is 384 g/mol. The van der Waals surface area contributed by atoms with Crippen LogP contribution >= 0.6 is 0 Å². The average Bonchev–Trinajstić information content (AvgIpc) is 2.92. The highest BCUT2D eigenvalue weighted by molar-refractivity contribution is 5.00. The Kier molecular flexibility index (Phi) is 7.75. The van der Waals surface area contributed by atoms with Gasteiger partial charge in [0.05, 0.1) is 19.8 Å². The Bertz CT molecular complexity index is 504. The second-order valence-electron chi connectivity index (χ2n) is 7.42. The first kappa shape index (κ1) is 23.8. The first-order valence-corrected chi connectivity index (χ1v) is 9.00. The van der Waals surface area contributed by atoms with E-state index in [1.807, 2.05) is 0 Å². The van der Waals surface area contributed by atoms with Gasteiger partial charge in [0.2, 0.25) is 5.79 Å². The Morgan fingerprint density at radius 2 is 1.39 bits per heavy atom. The third kappa shape index (κ3) is 4.19. The molecule has 0 aliphatic carbocycles. The number of aliphatic hydroxyl groups is 8. The number of hydrogen-bond acceptors (Lipinski definition) is 12. The van der Waals surface area contributed by atoms with Gasteiger partial charge in [0, 0.05) is 0 Å². The predicted molar refractivity (Wildman–Crippen MR) is 88.4 cm³/mol. The van der Waals surface area contributed by atoms with Gasteiger partial charge in [-0.1, -0.05) is 13.8 Å². The molecule has 2 aliphatic rings. The highest BCUT2D eigenvalue weighted by atomic mass is 16.9. The molecule has 0 aromatic rings. The molecule has 2 heterocycles. The van der Waals surface area contributed by atoms with Crippen molar-refractivity contribution in [2.75, 3.05) is 26.4 Å². The maximum Gasteiger partial charge on any atom is 0.316 e. The van der Waals surface area contributed by atoms with Crippen molar-refractivity contribution >= 4 is 0 Å². The minimum Gasteiger partial charge on any atom is -0.394 e. The molecular formula is C16H30O12. The topological polar surface area (TPSA) is 199 Å². The molecule has 2 aliphatic heterocycles. The summed E-state index contributed by atoms with van der Waals surface area (Å²) in [6, 6.07) is 0. The van der Waals surface area contributed by atoms with Crippen LogP contribution in [0.2, 0.25) is 0 Å². The fourth-order valence-electron chi connectivity index (χ4n) is 3.12. The maximum atomic E-state index is 10.5. The third-order valence-electron chi connectivity index (χ3n) is 4.75. The Balaban J connectivity index is 2.42. The van der Waals surface area contributed by atoms with Gasteiger partial charge in [-0.15, -0.1) is 0 Å². The zero-order valence-electron chi connectivity index (χ0n) is 15.7. The summed E-state index contributed by atoms with van der Waals surface area (Å²) in [5.41, 5.74) is 0. The molecule has 0 radical (unpaired) electrons. The minimum atomic E-state index is -2.58. The molecule has 0 bridgehead atoms. The van der Waals surface area contributed by atoms with Gasteiger partial charge in [-0.25, -0.2) is 0 Å². The quantitative estimate of drug-likeness (QED) is 0.178. The van der Waals surface area contributed by atoms with Gasteiger partial charge < -0.3 is 55.1 Å². The predicted octanol–water partition coefficient (Wildman–Crippen LogP) is -4.40. The van der Waals surface area contributed by atoms with E-state index in [1.54, 1.807) is 13.8 Å². The molecule has 0 aromatic carbocycles. The third-order valence-corrected chi connectivity index (χ3v) is 4.75. The van der Waals surface area contributed by atoms with Crippen molar-refractivity contribution in [3.05, 3.63) is 0 Å². The summed E-state index contributed by atoms with van der Waals surface area (Å²) in [6.45, 7) is 0.873. The number of aliphatic hydroxyl groups excluding tert-OH is 8. The van der Waals surface area contributed by atoms with E-state index in [9.17, 15) is 40.9 Å². The summed E-state index contributed by atoms with van der Waals surface area (Å²) in [5, 5.41) is 79.6. The van der Waals surface area contributed by atoms with E-state index < -0.39 is 74.3 Å². The molecule has 0 amide bonds. The van der Waals surface area contributed by atoms with Crippen LogP contribution in [0.5, 0.6) is 0 Å². The number of rotatable bonds is 8. The Morgan fingerprint density at radius 1 is 0.821 bits per heavy atom. The van der Waals surface area contributed by atoms with Crippen LogP contribution in [-0.4, -0.2) is 122 Å². The van der Waals surface area contributed by atoms with Crippen LogP contribution in [0, 0.1) is 5.92 Å². The fourth-order valence-corrected chi connectivity index (χ4v) is 3.12. The van der Waals surface area contributed by atoms with Crippen molar-refractivity contribution in [3.63, 3.8) is 0 Å². The van der Waals surface area contributed by atoms with E-state index in [1.165, 1.54) is 0 Å². The molecule has 28 heavy (non-hydrogen) atoms. The van der Waals surface area contributed by atoms with Gasteiger partial charge in [0.25, 0.3) is 0 Å². The monoisotopic (exact) mass is 414 g/mol. The highest BCUT2D eigenvalue weighted by Gasteiger charge is 2.64. The summed E-state index contributed by atoms with van der Waals surface area (Å²) < 4.78 is 21.7. The van der Waals surface area contributed by atoms with Gasteiger partial charge in [-0.3, -0.25) is 4.74 Å². The van der Waals surface area contributed by atoms with Crippen molar-refractivity contribution in [3.8, 4) is 0 Å². The van der Waals surface area contributed by atoms with E-state index in [2.05, 4.69) is 0 Å². The van der Waals surface area contributed by atoms with Crippen molar-refractivity contribution in [2.45, 2.75) is 68.3 Å². The van der Waals surface area contributed by atoms with Crippen molar-refractivity contribution in [2.24, 2.45) is 5.92 Å².